The highest BCUT2D eigenvalue weighted by atomic mass is 19.4. The van der Waals surface area contributed by atoms with Crippen LogP contribution in [0.4, 0.5) is 18.0 Å². The van der Waals surface area contributed by atoms with E-state index >= 15 is 0 Å². The molecule has 7 heteroatoms. The van der Waals surface area contributed by atoms with Crippen LogP contribution in [-0.4, -0.2) is 34.2 Å². The number of halogens is 3. The summed E-state index contributed by atoms with van der Waals surface area (Å²) >= 11 is 0. The zero-order chi connectivity index (χ0) is 13.3. The summed E-state index contributed by atoms with van der Waals surface area (Å²) < 4.78 is 37.5. The van der Waals surface area contributed by atoms with Crippen molar-refractivity contribution < 1.29 is 23.1 Å². The third kappa shape index (κ3) is 2.44. The maximum absolute atomic E-state index is 12.5. The Labute approximate surface area is 100 Å². The summed E-state index contributed by atoms with van der Waals surface area (Å²) in [5, 5.41) is 8.75. The van der Waals surface area contributed by atoms with Gasteiger partial charge in [0.2, 0.25) is 0 Å². The van der Waals surface area contributed by atoms with Crippen molar-refractivity contribution in [1.82, 2.24) is 9.88 Å². The zero-order valence-electron chi connectivity index (χ0n) is 9.11. The third-order valence-corrected chi connectivity index (χ3v) is 2.61. The molecule has 1 aliphatic heterocycles. The Balaban J connectivity index is 2.23. The summed E-state index contributed by atoms with van der Waals surface area (Å²) in [6.45, 7) is 0.228. The molecule has 1 aromatic rings. The summed E-state index contributed by atoms with van der Waals surface area (Å²) in [6.07, 6.45) is -2.89. The average Bonchev–Trinajstić information content (AvgIpc) is 2.77. The van der Waals surface area contributed by atoms with E-state index in [4.69, 9.17) is 5.11 Å². The molecule has 1 aromatic heterocycles. The number of alkyl halides is 3. The fourth-order valence-corrected chi connectivity index (χ4v) is 1.67. The van der Waals surface area contributed by atoms with E-state index in [-0.39, 0.29) is 18.8 Å². The molecule has 1 aliphatic rings. The number of carbonyl (C=O) groups is 1. The van der Waals surface area contributed by atoms with Gasteiger partial charge in [-0.1, -0.05) is 6.08 Å². The molecule has 18 heavy (non-hydrogen) atoms. The minimum absolute atomic E-state index is 0.0592. The highest BCUT2D eigenvalue weighted by Gasteiger charge is 2.31. The predicted molar refractivity (Wildman–Crippen MR) is 56.8 cm³/mol. The molecule has 4 nitrogen and oxygen atoms in total. The summed E-state index contributed by atoms with van der Waals surface area (Å²) in [5.74, 6) is 0. The van der Waals surface area contributed by atoms with E-state index in [1.165, 1.54) is 0 Å². The second-order valence-electron chi connectivity index (χ2n) is 3.82. The van der Waals surface area contributed by atoms with Gasteiger partial charge in [0.25, 0.3) is 0 Å². The average molecular weight is 258 g/mol. The van der Waals surface area contributed by atoms with Crippen LogP contribution in [0.3, 0.4) is 0 Å². The van der Waals surface area contributed by atoms with Crippen LogP contribution in [0.25, 0.3) is 5.57 Å². The third-order valence-electron chi connectivity index (χ3n) is 2.61. The van der Waals surface area contributed by atoms with Gasteiger partial charge in [-0.2, -0.15) is 13.2 Å². The van der Waals surface area contributed by atoms with Crippen molar-refractivity contribution in [1.29, 1.82) is 0 Å². The van der Waals surface area contributed by atoms with Crippen LogP contribution in [0.1, 0.15) is 11.3 Å². The molecule has 1 N–H and O–H groups in total. The van der Waals surface area contributed by atoms with Crippen molar-refractivity contribution in [2.45, 2.75) is 6.18 Å². The van der Waals surface area contributed by atoms with Gasteiger partial charge in [-0.3, -0.25) is 4.98 Å². The topological polar surface area (TPSA) is 53.4 Å². The highest BCUT2D eigenvalue weighted by molar-refractivity contribution is 5.75. The van der Waals surface area contributed by atoms with Gasteiger partial charge in [0.05, 0.1) is 17.8 Å². The first-order valence-corrected chi connectivity index (χ1v) is 5.08. The molecule has 0 fully saturated rings. The number of amides is 1. The molecule has 0 aliphatic carbocycles. The van der Waals surface area contributed by atoms with Gasteiger partial charge in [-0.15, -0.1) is 0 Å². The smallest absolute Gasteiger partial charge is 0.416 e. The Kier molecular flexibility index (Phi) is 2.98. The van der Waals surface area contributed by atoms with E-state index in [9.17, 15) is 18.0 Å². The fraction of sp³-hybridized carbons (Fsp3) is 0.273. The second-order valence-corrected chi connectivity index (χ2v) is 3.82. The predicted octanol–water partition coefficient (Wildman–Crippen LogP) is 2.48. The molecule has 0 aromatic carbocycles. The van der Waals surface area contributed by atoms with Crippen LogP contribution in [0, 0.1) is 0 Å². The lowest BCUT2D eigenvalue weighted by atomic mass is 10.1. The molecule has 0 unspecified atom stereocenters. The van der Waals surface area contributed by atoms with Gasteiger partial charge in [0.15, 0.2) is 0 Å². The lowest BCUT2D eigenvalue weighted by molar-refractivity contribution is -0.137. The molecule has 96 valence electrons. The van der Waals surface area contributed by atoms with Gasteiger partial charge in [-0.05, 0) is 17.7 Å². The van der Waals surface area contributed by atoms with E-state index < -0.39 is 17.8 Å². The molecule has 0 spiro atoms. The molecular formula is C11H9F3N2O2. The first-order valence-electron chi connectivity index (χ1n) is 5.08. The Bertz CT molecular complexity index is 511. The molecule has 0 saturated heterocycles. The van der Waals surface area contributed by atoms with E-state index in [1.807, 2.05) is 0 Å². The monoisotopic (exact) mass is 258 g/mol. The second kappa shape index (κ2) is 4.32. The Morgan fingerprint density at radius 3 is 2.72 bits per heavy atom. The lowest BCUT2D eigenvalue weighted by Gasteiger charge is -2.12. The number of hydrogen-bond donors (Lipinski definition) is 1. The van der Waals surface area contributed by atoms with Crippen LogP contribution in [0.5, 0.6) is 0 Å². The first-order chi connectivity index (χ1) is 8.38. The lowest BCUT2D eigenvalue weighted by Crippen LogP contribution is -2.26. The van der Waals surface area contributed by atoms with Crippen molar-refractivity contribution in [3.8, 4) is 0 Å². The maximum Gasteiger partial charge on any atom is 0.416 e. The number of aromatic nitrogens is 1. The number of rotatable bonds is 1. The van der Waals surface area contributed by atoms with Gasteiger partial charge in [0, 0.05) is 12.7 Å². The normalized spacial score (nSPS) is 15.7. The van der Waals surface area contributed by atoms with Crippen molar-refractivity contribution in [3.63, 3.8) is 0 Å². The first kappa shape index (κ1) is 12.4. The molecule has 1 amide bonds. The quantitative estimate of drug-likeness (QED) is 0.841. The SMILES string of the molecule is O=C(O)N1CC=C(c2cc(C(F)(F)F)ccn2)C1. The molecule has 0 bridgehead atoms. The van der Waals surface area contributed by atoms with Gasteiger partial charge in [0.1, 0.15) is 0 Å². The van der Waals surface area contributed by atoms with E-state index in [1.54, 1.807) is 6.08 Å². The highest BCUT2D eigenvalue weighted by Crippen LogP contribution is 2.30. The van der Waals surface area contributed by atoms with Gasteiger partial charge < -0.3 is 10.0 Å². The van der Waals surface area contributed by atoms with Crippen LogP contribution >= 0.6 is 0 Å². The Morgan fingerprint density at radius 2 is 2.17 bits per heavy atom. The van der Waals surface area contributed by atoms with Crippen LogP contribution in [-0.2, 0) is 6.18 Å². The van der Waals surface area contributed by atoms with Crippen molar-refractivity contribution in [2.75, 3.05) is 13.1 Å². The minimum atomic E-state index is -4.43. The molecule has 0 atom stereocenters. The zero-order valence-corrected chi connectivity index (χ0v) is 9.11. The number of hydrogen-bond acceptors (Lipinski definition) is 2. The van der Waals surface area contributed by atoms with Crippen LogP contribution < -0.4 is 0 Å². The Morgan fingerprint density at radius 1 is 1.44 bits per heavy atom. The van der Waals surface area contributed by atoms with Crippen molar-refractivity contribution >= 4 is 11.7 Å². The number of pyridine rings is 1. The van der Waals surface area contributed by atoms with E-state index in [0.29, 0.717) is 5.57 Å². The minimum Gasteiger partial charge on any atom is -0.465 e. The summed E-state index contributed by atoms with van der Waals surface area (Å²) in [5.41, 5.74) is -0.140. The van der Waals surface area contributed by atoms with E-state index in [2.05, 4.69) is 4.98 Å². The molecule has 2 rings (SSSR count). The Hall–Kier alpha value is -2.05. The standard InChI is InChI=1S/C11H9F3N2O2/c12-11(13,14)8-1-3-15-9(5-8)7-2-4-16(6-7)10(17)18/h1-3,5H,4,6H2,(H,17,18). The molecule has 0 saturated carbocycles. The summed E-state index contributed by atoms with van der Waals surface area (Å²) in [4.78, 5) is 15.6. The molecule has 2 heterocycles. The van der Waals surface area contributed by atoms with Crippen LogP contribution in [0.15, 0.2) is 24.4 Å². The van der Waals surface area contributed by atoms with Crippen LogP contribution in [0.2, 0.25) is 0 Å². The van der Waals surface area contributed by atoms with Gasteiger partial charge >= 0.3 is 12.3 Å². The largest absolute Gasteiger partial charge is 0.465 e. The molecule has 0 radical (unpaired) electrons. The number of nitrogens with zero attached hydrogens (tertiary/aromatic N) is 2. The van der Waals surface area contributed by atoms with Crippen molar-refractivity contribution in [3.05, 3.63) is 35.7 Å². The number of carboxylic acid groups (broad SMARTS) is 1. The summed E-state index contributed by atoms with van der Waals surface area (Å²) in [7, 11) is 0. The molecular weight excluding hydrogens is 249 g/mol. The van der Waals surface area contributed by atoms with Crippen molar-refractivity contribution in [2.24, 2.45) is 0 Å². The maximum atomic E-state index is 12.5. The fourth-order valence-electron chi connectivity index (χ4n) is 1.67. The van der Waals surface area contributed by atoms with Gasteiger partial charge in [-0.25, -0.2) is 4.79 Å². The summed E-state index contributed by atoms with van der Waals surface area (Å²) in [6, 6.07) is 1.81. The van der Waals surface area contributed by atoms with E-state index in [0.717, 1.165) is 23.2 Å².